The van der Waals surface area contributed by atoms with Crippen molar-refractivity contribution in [3.63, 3.8) is 0 Å². The van der Waals surface area contributed by atoms with Gasteiger partial charge >= 0.3 is 6.09 Å². The highest BCUT2D eigenvalue weighted by atomic mass is 16.6. The van der Waals surface area contributed by atoms with Crippen molar-refractivity contribution in [1.29, 1.82) is 0 Å². The molecule has 0 aromatic rings. The van der Waals surface area contributed by atoms with E-state index in [1.54, 1.807) is 26.8 Å². The molecule has 1 amide bonds. The molecule has 0 saturated heterocycles. The van der Waals surface area contributed by atoms with E-state index in [1.165, 1.54) is 4.90 Å². The van der Waals surface area contributed by atoms with Gasteiger partial charge in [0.05, 0.1) is 6.54 Å². The van der Waals surface area contributed by atoms with Crippen molar-refractivity contribution >= 4 is 12.4 Å². The van der Waals surface area contributed by atoms with Crippen LogP contribution in [0.4, 0.5) is 4.79 Å². The van der Waals surface area contributed by atoms with Gasteiger partial charge in [-0.1, -0.05) is 6.58 Å². The molecular formula is C11H17NO3. The highest BCUT2D eigenvalue weighted by Gasteiger charge is 2.20. The van der Waals surface area contributed by atoms with E-state index in [4.69, 9.17) is 4.74 Å². The zero-order valence-corrected chi connectivity index (χ0v) is 9.45. The summed E-state index contributed by atoms with van der Waals surface area (Å²) in [5, 5.41) is 0. The molecule has 0 radical (unpaired) electrons. The van der Waals surface area contributed by atoms with Crippen LogP contribution in [0.3, 0.4) is 0 Å². The Morgan fingerprint density at radius 2 is 2.07 bits per heavy atom. The first-order valence-electron chi connectivity index (χ1n) is 4.66. The van der Waals surface area contributed by atoms with Gasteiger partial charge in [-0.3, -0.25) is 4.90 Å². The largest absolute Gasteiger partial charge is 0.444 e. The third-order valence-corrected chi connectivity index (χ3v) is 1.40. The summed E-state index contributed by atoms with van der Waals surface area (Å²) in [6.07, 6.45) is 1.70. The Kier molecular flexibility index (Phi) is 5.42. The molecular weight excluding hydrogens is 194 g/mol. The Morgan fingerprint density at radius 3 is 2.47 bits per heavy atom. The number of aldehydes is 1. The van der Waals surface area contributed by atoms with E-state index >= 15 is 0 Å². The van der Waals surface area contributed by atoms with Crippen LogP contribution in [0.2, 0.25) is 0 Å². The molecule has 4 heteroatoms. The smallest absolute Gasteiger partial charge is 0.410 e. The summed E-state index contributed by atoms with van der Waals surface area (Å²) in [6.45, 7) is 8.97. The normalized spacial score (nSPS) is 10.1. The zero-order chi connectivity index (χ0) is 11.9. The molecule has 15 heavy (non-hydrogen) atoms. The second-order valence-electron chi connectivity index (χ2n) is 3.96. The van der Waals surface area contributed by atoms with Gasteiger partial charge in [0.2, 0.25) is 0 Å². The van der Waals surface area contributed by atoms with Gasteiger partial charge in [-0.25, -0.2) is 4.79 Å². The lowest BCUT2D eigenvalue weighted by Crippen LogP contribution is -2.37. The van der Waals surface area contributed by atoms with Gasteiger partial charge in [-0.2, -0.15) is 0 Å². The number of hydrogen-bond acceptors (Lipinski definition) is 3. The van der Waals surface area contributed by atoms with Gasteiger partial charge < -0.3 is 9.53 Å². The lowest BCUT2D eigenvalue weighted by Gasteiger charge is -2.25. The summed E-state index contributed by atoms with van der Waals surface area (Å²) in [4.78, 5) is 23.2. The standard InChI is InChI=1S/C11H17NO3/c1-5-6-7-12(8-9-13)10(14)15-11(2,3)4/h6,9H,1,7-8H2,2-4H3. The van der Waals surface area contributed by atoms with E-state index in [0.717, 1.165) is 0 Å². The minimum absolute atomic E-state index is 0.00704. The predicted octanol–water partition coefficient (Wildman–Crippen LogP) is 1.76. The minimum Gasteiger partial charge on any atom is -0.444 e. The van der Waals surface area contributed by atoms with Gasteiger partial charge in [0.1, 0.15) is 11.9 Å². The summed E-state index contributed by atoms with van der Waals surface area (Å²) in [7, 11) is 0. The van der Waals surface area contributed by atoms with Gasteiger partial charge in [-0.15, -0.1) is 5.73 Å². The van der Waals surface area contributed by atoms with Gasteiger partial charge in [0.15, 0.2) is 0 Å². The number of nitrogens with zero attached hydrogens (tertiary/aromatic N) is 1. The van der Waals surface area contributed by atoms with Gasteiger partial charge in [-0.05, 0) is 26.8 Å². The molecule has 0 unspecified atom stereocenters. The van der Waals surface area contributed by atoms with Crippen molar-refractivity contribution in [2.45, 2.75) is 26.4 Å². The molecule has 0 atom stereocenters. The predicted molar refractivity (Wildman–Crippen MR) is 57.6 cm³/mol. The lowest BCUT2D eigenvalue weighted by atomic mass is 10.2. The molecule has 0 heterocycles. The molecule has 0 aliphatic heterocycles. The molecule has 0 N–H and O–H groups in total. The van der Waals surface area contributed by atoms with Crippen LogP contribution in [-0.4, -0.2) is 36.0 Å². The Hall–Kier alpha value is -1.54. The fourth-order valence-corrected chi connectivity index (χ4v) is 0.815. The summed E-state index contributed by atoms with van der Waals surface area (Å²) >= 11 is 0. The minimum atomic E-state index is -0.559. The van der Waals surface area contributed by atoms with Crippen molar-refractivity contribution < 1.29 is 14.3 Å². The van der Waals surface area contributed by atoms with Crippen LogP contribution < -0.4 is 0 Å². The molecule has 4 nitrogen and oxygen atoms in total. The second-order valence-corrected chi connectivity index (χ2v) is 3.96. The fourth-order valence-electron chi connectivity index (χ4n) is 0.815. The number of carbonyl (C=O) groups is 2. The van der Waals surface area contributed by atoms with E-state index in [-0.39, 0.29) is 13.1 Å². The molecule has 0 aliphatic rings. The molecule has 0 spiro atoms. The van der Waals surface area contributed by atoms with Crippen LogP contribution in [0.15, 0.2) is 18.4 Å². The topological polar surface area (TPSA) is 46.6 Å². The number of rotatable bonds is 4. The summed E-state index contributed by atoms with van der Waals surface area (Å²) in [5.41, 5.74) is 1.97. The molecule has 0 aromatic heterocycles. The highest BCUT2D eigenvalue weighted by Crippen LogP contribution is 2.09. The van der Waals surface area contributed by atoms with Crippen LogP contribution in [-0.2, 0) is 9.53 Å². The fraction of sp³-hybridized carbons (Fsp3) is 0.545. The average Bonchev–Trinajstić information content (AvgIpc) is 2.09. The second kappa shape index (κ2) is 6.04. The molecule has 0 bridgehead atoms. The molecule has 0 aliphatic carbocycles. The summed E-state index contributed by atoms with van der Waals surface area (Å²) in [5.74, 6) is 0. The van der Waals surface area contributed by atoms with Crippen molar-refractivity contribution in [2.75, 3.05) is 13.1 Å². The monoisotopic (exact) mass is 211 g/mol. The van der Waals surface area contributed by atoms with Crippen molar-refractivity contribution in [3.05, 3.63) is 18.4 Å². The van der Waals surface area contributed by atoms with Crippen LogP contribution in [0, 0.1) is 0 Å². The first-order valence-corrected chi connectivity index (χ1v) is 4.66. The third kappa shape index (κ3) is 6.52. The Morgan fingerprint density at radius 1 is 1.47 bits per heavy atom. The molecule has 0 saturated carbocycles. The van der Waals surface area contributed by atoms with E-state index in [2.05, 4.69) is 12.3 Å². The molecule has 0 aromatic carbocycles. The number of carbonyl (C=O) groups excluding carboxylic acids is 2. The maximum absolute atomic E-state index is 11.5. The molecule has 84 valence electrons. The number of ether oxygens (including phenoxy) is 1. The number of hydrogen-bond donors (Lipinski definition) is 0. The Bertz CT molecular complexity index is 272. The quantitative estimate of drug-likeness (QED) is 0.526. The molecule has 0 fully saturated rings. The Balaban J connectivity index is 4.40. The van der Waals surface area contributed by atoms with E-state index in [1.807, 2.05) is 0 Å². The van der Waals surface area contributed by atoms with E-state index in [0.29, 0.717) is 6.29 Å². The lowest BCUT2D eigenvalue weighted by molar-refractivity contribution is -0.108. The molecule has 0 rings (SSSR count). The SMILES string of the molecule is C=C=CCN(CC=O)C(=O)OC(C)(C)C. The van der Waals surface area contributed by atoms with Crippen molar-refractivity contribution in [1.82, 2.24) is 4.90 Å². The van der Waals surface area contributed by atoms with Gasteiger partial charge in [0, 0.05) is 6.54 Å². The zero-order valence-electron chi connectivity index (χ0n) is 9.45. The summed E-state index contributed by atoms with van der Waals surface area (Å²) < 4.78 is 5.11. The van der Waals surface area contributed by atoms with Crippen molar-refractivity contribution in [3.8, 4) is 0 Å². The van der Waals surface area contributed by atoms with Gasteiger partial charge in [0.25, 0.3) is 0 Å². The Labute approximate surface area is 90.2 Å². The maximum Gasteiger partial charge on any atom is 0.410 e. The van der Waals surface area contributed by atoms with E-state index < -0.39 is 11.7 Å². The number of amides is 1. The maximum atomic E-state index is 11.5. The highest BCUT2D eigenvalue weighted by molar-refractivity contribution is 5.71. The average molecular weight is 211 g/mol. The summed E-state index contributed by atoms with van der Waals surface area (Å²) in [6, 6.07) is 0. The van der Waals surface area contributed by atoms with Crippen LogP contribution >= 0.6 is 0 Å². The van der Waals surface area contributed by atoms with Crippen molar-refractivity contribution in [2.24, 2.45) is 0 Å². The van der Waals surface area contributed by atoms with Crippen LogP contribution in [0.1, 0.15) is 20.8 Å². The first-order chi connectivity index (χ1) is 6.90. The van der Waals surface area contributed by atoms with E-state index in [9.17, 15) is 9.59 Å². The van der Waals surface area contributed by atoms with Crippen LogP contribution in [0.25, 0.3) is 0 Å². The van der Waals surface area contributed by atoms with Crippen LogP contribution in [0.5, 0.6) is 0 Å². The third-order valence-electron chi connectivity index (χ3n) is 1.40. The first kappa shape index (κ1) is 13.5.